The summed E-state index contributed by atoms with van der Waals surface area (Å²) >= 11 is 0. The molecule has 0 unspecified atom stereocenters. The number of aryl methyl sites for hydroxylation is 1. The zero-order valence-corrected chi connectivity index (χ0v) is 14.9. The molecule has 26 heavy (non-hydrogen) atoms. The van der Waals surface area contributed by atoms with Crippen molar-refractivity contribution in [3.05, 3.63) is 54.6 Å². The van der Waals surface area contributed by atoms with Gasteiger partial charge in [0, 0.05) is 17.7 Å². The molecule has 0 N–H and O–H groups in total. The first kappa shape index (κ1) is 15.0. The van der Waals surface area contributed by atoms with Crippen LogP contribution in [0.3, 0.4) is 0 Å². The van der Waals surface area contributed by atoms with Gasteiger partial charge in [-0.1, -0.05) is 18.2 Å². The number of ether oxygens (including phenoxy) is 3. The highest BCUT2D eigenvalue weighted by molar-refractivity contribution is 6.15. The van der Waals surface area contributed by atoms with Crippen molar-refractivity contribution >= 4 is 21.8 Å². The molecule has 0 bridgehead atoms. The van der Waals surface area contributed by atoms with Crippen LogP contribution < -0.4 is 18.8 Å². The van der Waals surface area contributed by atoms with Gasteiger partial charge in [-0.15, -0.1) is 0 Å². The van der Waals surface area contributed by atoms with Crippen molar-refractivity contribution in [2.45, 2.75) is 0 Å². The van der Waals surface area contributed by atoms with Gasteiger partial charge in [-0.05, 0) is 24.3 Å². The topological polar surface area (TPSA) is 31.6 Å². The van der Waals surface area contributed by atoms with Crippen molar-refractivity contribution < 1.29 is 18.8 Å². The molecule has 2 heterocycles. The zero-order valence-electron chi connectivity index (χ0n) is 14.9. The normalized spacial score (nSPS) is 12.0. The molecule has 3 aromatic carbocycles. The monoisotopic (exact) mass is 344 g/mol. The second-order valence-corrected chi connectivity index (χ2v) is 6.37. The van der Waals surface area contributed by atoms with E-state index in [4.69, 9.17) is 14.2 Å². The number of benzene rings is 3. The lowest BCUT2D eigenvalue weighted by Gasteiger charge is -2.23. The van der Waals surface area contributed by atoms with Crippen LogP contribution in [0.15, 0.2) is 54.6 Å². The lowest BCUT2D eigenvalue weighted by Crippen LogP contribution is -2.30. The van der Waals surface area contributed by atoms with Crippen LogP contribution in [-0.2, 0) is 7.05 Å². The quantitative estimate of drug-likeness (QED) is 0.346. The van der Waals surface area contributed by atoms with Gasteiger partial charge in [0.05, 0.1) is 30.6 Å². The van der Waals surface area contributed by atoms with Crippen molar-refractivity contribution in [2.24, 2.45) is 7.05 Å². The highest BCUT2D eigenvalue weighted by Crippen LogP contribution is 2.53. The van der Waals surface area contributed by atoms with E-state index in [0.29, 0.717) is 0 Å². The van der Waals surface area contributed by atoms with Crippen molar-refractivity contribution in [3.63, 3.8) is 0 Å². The maximum Gasteiger partial charge on any atom is 0.217 e. The molecule has 4 aromatic rings. The van der Waals surface area contributed by atoms with Crippen molar-refractivity contribution in [3.8, 4) is 34.1 Å². The van der Waals surface area contributed by atoms with Gasteiger partial charge in [0.25, 0.3) is 0 Å². The van der Waals surface area contributed by atoms with E-state index in [0.717, 1.165) is 55.9 Å². The van der Waals surface area contributed by atoms with Crippen LogP contribution in [-0.4, -0.2) is 14.2 Å². The Morgan fingerprint density at radius 2 is 1.31 bits per heavy atom. The first-order chi connectivity index (χ1) is 12.7. The smallest absolute Gasteiger partial charge is 0.217 e. The van der Waals surface area contributed by atoms with Gasteiger partial charge in [-0.25, -0.2) is 0 Å². The summed E-state index contributed by atoms with van der Waals surface area (Å²) in [6.45, 7) is 0. The first-order valence-corrected chi connectivity index (χ1v) is 8.51. The minimum atomic E-state index is 0.791. The molecule has 0 spiro atoms. The molecule has 0 saturated carbocycles. The predicted octanol–water partition coefficient (Wildman–Crippen LogP) is 4.61. The average Bonchev–Trinajstić information content (AvgIpc) is 2.69. The lowest BCUT2D eigenvalue weighted by atomic mass is 9.91. The molecule has 0 saturated heterocycles. The molecule has 1 aliphatic rings. The Morgan fingerprint density at radius 1 is 0.692 bits per heavy atom. The van der Waals surface area contributed by atoms with Crippen LogP contribution >= 0.6 is 0 Å². The van der Waals surface area contributed by atoms with Gasteiger partial charge in [0.1, 0.15) is 30.0 Å². The van der Waals surface area contributed by atoms with E-state index in [1.54, 1.807) is 14.2 Å². The molecule has 4 nitrogen and oxygen atoms in total. The van der Waals surface area contributed by atoms with E-state index in [1.165, 1.54) is 0 Å². The van der Waals surface area contributed by atoms with E-state index >= 15 is 0 Å². The Hall–Kier alpha value is -3.27. The summed E-state index contributed by atoms with van der Waals surface area (Å²) in [5.41, 5.74) is 4.27. The zero-order chi connectivity index (χ0) is 17.8. The van der Waals surface area contributed by atoms with Gasteiger partial charge in [-0.3, -0.25) is 0 Å². The molecule has 0 radical (unpaired) electrons. The third-order valence-electron chi connectivity index (χ3n) is 5.13. The van der Waals surface area contributed by atoms with E-state index in [9.17, 15) is 0 Å². The summed E-state index contributed by atoms with van der Waals surface area (Å²) in [6.07, 6.45) is 0. The Kier molecular flexibility index (Phi) is 3.10. The van der Waals surface area contributed by atoms with E-state index < -0.39 is 0 Å². The average molecular weight is 344 g/mol. The van der Waals surface area contributed by atoms with Gasteiger partial charge in [0.15, 0.2) is 0 Å². The summed E-state index contributed by atoms with van der Waals surface area (Å²) in [6, 6.07) is 18.2. The van der Waals surface area contributed by atoms with Crippen LogP contribution in [0.1, 0.15) is 0 Å². The Balaban J connectivity index is 2.12. The third kappa shape index (κ3) is 1.81. The number of hydrogen-bond acceptors (Lipinski definition) is 3. The minimum Gasteiger partial charge on any atom is -0.496 e. The second kappa shape index (κ2) is 5.36. The van der Waals surface area contributed by atoms with Crippen molar-refractivity contribution in [1.29, 1.82) is 0 Å². The van der Waals surface area contributed by atoms with Gasteiger partial charge >= 0.3 is 0 Å². The molecular formula is C22H18NO3+. The van der Waals surface area contributed by atoms with Crippen LogP contribution in [0.25, 0.3) is 32.9 Å². The predicted molar refractivity (Wildman–Crippen MR) is 101 cm³/mol. The molecule has 1 aliphatic heterocycles. The molecule has 0 atom stereocenters. The maximum absolute atomic E-state index is 6.24. The molecular weight excluding hydrogens is 326 g/mol. The fourth-order valence-electron chi connectivity index (χ4n) is 3.99. The molecule has 4 heteroatoms. The third-order valence-corrected chi connectivity index (χ3v) is 5.13. The Morgan fingerprint density at radius 3 is 2.08 bits per heavy atom. The largest absolute Gasteiger partial charge is 0.496 e. The van der Waals surface area contributed by atoms with Gasteiger partial charge < -0.3 is 14.2 Å². The lowest BCUT2D eigenvalue weighted by molar-refractivity contribution is -0.617. The first-order valence-electron chi connectivity index (χ1n) is 8.51. The number of pyridine rings is 1. The molecule has 5 rings (SSSR count). The highest BCUT2D eigenvalue weighted by Gasteiger charge is 2.31. The Bertz CT molecular complexity index is 1200. The Labute approximate surface area is 151 Å². The minimum absolute atomic E-state index is 0.791. The standard InChI is InChI=1S/C22H18NO3/c1-23-13-7-4-9-15(24-2)19(13)22-20-14(23)8-5-11-17(20)26-18-12-6-10-16(25-3)21(18)22/h4-12H,1-3H3/q+1. The second-order valence-electron chi connectivity index (χ2n) is 6.37. The molecule has 0 aliphatic carbocycles. The van der Waals surface area contributed by atoms with E-state index in [-0.39, 0.29) is 0 Å². The number of aromatic nitrogens is 1. The van der Waals surface area contributed by atoms with E-state index in [2.05, 4.69) is 23.7 Å². The number of rotatable bonds is 2. The number of methoxy groups -OCH3 is 2. The molecule has 1 aromatic heterocycles. The summed E-state index contributed by atoms with van der Waals surface area (Å²) in [4.78, 5) is 0. The SMILES string of the molecule is COc1cccc2c1-c1c3c(OC)cccc3[n+](C)c3cccc(c13)O2. The highest BCUT2D eigenvalue weighted by atomic mass is 16.5. The summed E-state index contributed by atoms with van der Waals surface area (Å²) in [7, 11) is 5.47. The summed E-state index contributed by atoms with van der Waals surface area (Å²) < 4.78 is 19.8. The van der Waals surface area contributed by atoms with Gasteiger partial charge in [0.2, 0.25) is 11.0 Å². The fraction of sp³-hybridized carbons (Fsp3) is 0.136. The number of nitrogens with zero attached hydrogens (tertiary/aromatic N) is 1. The van der Waals surface area contributed by atoms with Crippen LogP contribution in [0.2, 0.25) is 0 Å². The fourth-order valence-corrected chi connectivity index (χ4v) is 3.99. The maximum atomic E-state index is 6.24. The van der Waals surface area contributed by atoms with Crippen molar-refractivity contribution in [2.75, 3.05) is 14.2 Å². The van der Waals surface area contributed by atoms with E-state index in [1.807, 2.05) is 42.5 Å². The van der Waals surface area contributed by atoms with Crippen LogP contribution in [0.4, 0.5) is 0 Å². The number of fused-ring (bicyclic) bond motifs is 4. The molecule has 128 valence electrons. The molecule has 0 fully saturated rings. The van der Waals surface area contributed by atoms with Crippen LogP contribution in [0, 0.1) is 0 Å². The summed E-state index contributed by atoms with van der Waals surface area (Å²) in [5.74, 6) is 3.27. The molecule has 0 amide bonds. The summed E-state index contributed by atoms with van der Waals surface area (Å²) in [5, 5.41) is 2.13. The van der Waals surface area contributed by atoms with Crippen molar-refractivity contribution in [1.82, 2.24) is 0 Å². The van der Waals surface area contributed by atoms with Gasteiger partial charge in [-0.2, -0.15) is 4.57 Å². The number of hydrogen-bond donors (Lipinski definition) is 0. The van der Waals surface area contributed by atoms with Crippen LogP contribution in [0.5, 0.6) is 23.0 Å².